The van der Waals surface area contributed by atoms with Crippen LogP contribution in [0.1, 0.15) is 23.7 Å². The molecule has 0 saturated heterocycles. The molecule has 1 rings (SSSR count). The van der Waals surface area contributed by atoms with Crippen molar-refractivity contribution in [1.82, 2.24) is 0 Å². The van der Waals surface area contributed by atoms with Gasteiger partial charge in [-0.3, -0.25) is 4.72 Å². The fourth-order valence-corrected chi connectivity index (χ4v) is 3.17. The van der Waals surface area contributed by atoms with Gasteiger partial charge in [0.15, 0.2) is 5.25 Å². The number of anilines is 1. The topological polar surface area (TPSA) is 107 Å². The first-order chi connectivity index (χ1) is 9.24. The number of hydrogen-bond acceptors (Lipinski definition) is 4. The van der Waals surface area contributed by atoms with Crippen LogP contribution >= 0.6 is 23.2 Å². The van der Waals surface area contributed by atoms with Crippen LogP contribution in [0.4, 0.5) is 5.69 Å². The van der Waals surface area contributed by atoms with Crippen molar-refractivity contribution in [2.24, 2.45) is 0 Å². The molecule has 2 N–H and O–H groups in total. The maximum absolute atomic E-state index is 12.0. The molecule has 0 fully saturated rings. The van der Waals surface area contributed by atoms with Crippen molar-refractivity contribution in [3.05, 3.63) is 27.7 Å². The first-order valence-corrected chi connectivity index (χ1v) is 7.67. The van der Waals surface area contributed by atoms with E-state index in [0.29, 0.717) is 0 Å². The van der Waals surface area contributed by atoms with Gasteiger partial charge in [-0.1, -0.05) is 30.1 Å². The summed E-state index contributed by atoms with van der Waals surface area (Å²) in [7, 11) is -4.09. The highest BCUT2D eigenvalue weighted by atomic mass is 35.5. The van der Waals surface area contributed by atoms with Crippen molar-refractivity contribution in [2.75, 3.05) is 4.72 Å². The minimum Gasteiger partial charge on any atom is -0.478 e. The molecule has 108 valence electrons. The third kappa shape index (κ3) is 3.33. The lowest BCUT2D eigenvalue weighted by Crippen LogP contribution is -2.27. The van der Waals surface area contributed by atoms with Crippen LogP contribution in [0.2, 0.25) is 10.0 Å². The lowest BCUT2D eigenvalue weighted by molar-refractivity contribution is 0.0698. The molecule has 20 heavy (non-hydrogen) atoms. The molecule has 0 amide bonds. The van der Waals surface area contributed by atoms with Gasteiger partial charge in [0.1, 0.15) is 5.56 Å². The molecule has 0 aromatic heterocycles. The molecule has 0 heterocycles. The van der Waals surface area contributed by atoms with Gasteiger partial charge in [0.25, 0.3) is 0 Å². The Hall–Kier alpha value is -1.49. The maximum atomic E-state index is 12.0. The number of nitriles is 1. The Morgan fingerprint density at radius 2 is 2.00 bits per heavy atom. The SMILES string of the molecule is CCC(C#N)S(=O)(=O)Nc1c(Cl)ccc(Cl)c1C(=O)O. The van der Waals surface area contributed by atoms with E-state index in [4.69, 9.17) is 33.6 Å². The van der Waals surface area contributed by atoms with Crippen LogP contribution in [0.15, 0.2) is 12.1 Å². The fourth-order valence-electron chi connectivity index (χ4n) is 1.45. The average Bonchev–Trinajstić information content (AvgIpc) is 2.34. The van der Waals surface area contributed by atoms with Crippen LogP contribution < -0.4 is 4.72 Å². The molecule has 0 aliphatic rings. The van der Waals surface area contributed by atoms with Crippen LogP contribution in [0, 0.1) is 11.3 Å². The van der Waals surface area contributed by atoms with Gasteiger partial charge in [-0.05, 0) is 18.6 Å². The molecule has 1 unspecified atom stereocenters. The zero-order valence-electron chi connectivity index (χ0n) is 10.2. The predicted molar refractivity (Wildman–Crippen MR) is 75.7 cm³/mol. The van der Waals surface area contributed by atoms with Gasteiger partial charge in [0.2, 0.25) is 10.0 Å². The number of nitrogens with zero attached hydrogens (tertiary/aromatic N) is 1. The van der Waals surface area contributed by atoms with Crippen molar-refractivity contribution in [1.29, 1.82) is 5.26 Å². The van der Waals surface area contributed by atoms with E-state index in [-0.39, 0.29) is 22.2 Å². The average molecular weight is 337 g/mol. The molecule has 0 radical (unpaired) electrons. The molecule has 1 aromatic rings. The summed E-state index contributed by atoms with van der Waals surface area (Å²) in [5, 5.41) is 16.3. The van der Waals surface area contributed by atoms with Crippen LogP contribution in [0.25, 0.3) is 0 Å². The van der Waals surface area contributed by atoms with Gasteiger partial charge in [-0.25, -0.2) is 13.2 Å². The fraction of sp³-hybridized carbons (Fsp3) is 0.273. The predicted octanol–water partition coefficient (Wildman–Crippen LogP) is 2.74. The van der Waals surface area contributed by atoms with E-state index in [2.05, 4.69) is 0 Å². The lowest BCUT2D eigenvalue weighted by atomic mass is 10.2. The molecule has 1 atom stereocenters. The van der Waals surface area contributed by atoms with E-state index in [1.807, 2.05) is 4.72 Å². The molecule has 0 bridgehead atoms. The zero-order chi connectivity index (χ0) is 15.5. The van der Waals surface area contributed by atoms with E-state index in [0.717, 1.165) is 0 Å². The number of nitrogens with one attached hydrogen (secondary N) is 1. The number of aromatic carboxylic acids is 1. The Kier molecular flexibility index (Phi) is 5.22. The Morgan fingerprint density at radius 1 is 1.45 bits per heavy atom. The highest BCUT2D eigenvalue weighted by molar-refractivity contribution is 7.93. The number of carbonyl (C=O) groups is 1. The first kappa shape index (κ1) is 16.6. The maximum Gasteiger partial charge on any atom is 0.339 e. The van der Waals surface area contributed by atoms with Gasteiger partial charge < -0.3 is 5.11 Å². The number of benzene rings is 1. The molecule has 0 aliphatic heterocycles. The van der Waals surface area contributed by atoms with Crippen molar-refractivity contribution >= 4 is 44.9 Å². The van der Waals surface area contributed by atoms with E-state index in [1.165, 1.54) is 19.1 Å². The van der Waals surface area contributed by atoms with Crippen LogP contribution in [0.3, 0.4) is 0 Å². The Bertz CT molecular complexity index is 682. The van der Waals surface area contributed by atoms with Gasteiger partial charge in [0.05, 0.1) is 21.8 Å². The zero-order valence-corrected chi connectivity index (χ0v) is 12.6. The molecular formula is C11H10Cl2N2O4S. The number of hydrogen-bond donors (Lipinski definition) is 2. The molecular weight excluding hydrogens is 327 g/mol. The molecule has 1 aromatic carbocycles. The highest BCUT2D eigenvalue weighted by Crippen LogP contribution is 2.33. The normalized spacial score (nSPS) is 12.5. The van der Waals surface area contributed by atoms with Gasteiger partial charge in [-0.2, -0.15) is 5.26 Å². The summed E-state index contributed by atoms with van der Waals surface area (Å²) in [4.78, 5) is 11.1. The largest absolute Gasteiger partial charge is 0.478 e. The van der Waals surface area contributed by atoms with Crippen LogP contribution in [0.5, 0.6) is 0 Å². The lowest BCUT2D eigenvalue weighted by Gasteiger charge is -2.15. The monoisotopic (exact) mass is 336 g/mol. The molecule has 0 saturated carbocycles. The first-order valence-electron chi connectivity index (χ1n) is 5.37. The van der Waals surface area contributed by atoms with Gasteiger partial charge >= 0.3 is 5.97 Å². The Balaban J connectivity index is 3.40. The van der Waals surface area contributed by atoms with E-state index in [1.54, 1.807) is 6.07 Å². The van der Waals surface area contributed by atoms with E-state index >= 15 is 0 Å². The van der Waals surface area contributed by atoms with Gasteiger partial charge in [0, 0.05) is 0 Å². The number of rotatable bonds is 5. The number of sulfonamides is 1. The minimum absolute atomic E-state index is 0.0480. The number of carboxylic acid groups (broad SMARTS) is 1. The third-order valence-corrected chi connectivity index (χ3v) is 4.76. The van der Waals surface area contributed by atoms with Crippen molar-refractivity contribution in [2.45, 2.75) is 18.6 Å². The second-order valence-electron chi connectivity index (χ2n) is 3.76. The summed E-state index contributed by atoms with van der Waals surface area (Å²) >= 11 is 11.5. The summed E-state index contributed by atoms with van der Waals surface area (Å²) < 4.78 is 26.0. The summed E-state index contributed by atoms with van der Waals surface area (Å²) in [5.74, 6) is -1.43. The van der Waals surface area contributed by atoms with Crippen LogP contribution in [-0.4, -0.2) is 24.7 Å². The van der Waals surface area contributed by atoms with Crippen molar-refractivity contribution in [3.8, 4) is 6.07 Å². The highest BCUT2D eigenvalue weighted by Gasteiger charge is 2.27. The second-order valence-corrected chi connectivity index (χ2v) is 6.44. The molecule has 6 nitrogen and oxygen atoms in total. The number of halogens is 2. The number of carboxylic acids is 1. The van der Waals surface area contributed by atoms with Crippen molar-refractivity contribution in [3.63, 3.8) is 0 Å². The standard InChI is InChI=1S/C11H10Cl2N2O4S/c1-2-6(5-14)20(18,19)15-10-8(13)4-3-7(12)9(10)11(16)17/h3-4,6,15H,2H2,1H3,(H,16,17). The minimum atomic E-state index is -4.09. The summed E-state index contributed by atoms with van der Waals surface area (Å²) in [6.07, 6.45) is 0.0480. The summed E-state index contributed by atoms with van der Waals surface area (Å²) in [6.45, 7) is 1.52. The van der Waals surface area contributed by atoms with Crippen molar-refractivity contribution < 1.29 is 18.3 Å². The quantitative estimate of drug-likeness (QED) is 0.859. The van der Waals surface area contributed by atoms with E-state index < -0.39 is 26.8 Å². The summed E-state index contributed by atoms with van der Waals surface area (Å²) in [6, 6.07) is 4.13. The molecule has 0 spiro atoms. The Morgan fingerprint density at radius 3 is 2.45 bits per heavy atom. The third-order valence-electron chi connectivity index (χ3n) is 2.45. The summed E-state index contributed by atoms with van der Waals surface area (Å²) in [5.41, 5.74) is -0.809. The molecule has 9 heteroatoms. The second kappa shape index (κ2) is 6.31. The molecule has 0 aliphatic carbocycles. The smallest absolute Gasteiger partial charge is 0.339 e. The Labute approximate surface area is 126 Å². The van der Waals surface area contributed by atoms with E-state index in [9.17, 15) is 13.2 Å². The van der Waals surface area contributed by atoms with Crippen LogP contribution in [-0.2, 0) is 10.0 Å². The van der Waals surface area contributed by atoms with Gasteiger partial charge in [-0.15, -0.1) is 0 Å².